The minimum atomic E-state index is -0.256. The fraction of sp³-hybridized carbons (Fsp3) is 0.500. The largest absolute Gasteiger partial charge is 0.465 e. The van der Waals surface area contributed by atoms with Gasteiger partial charge in [0.2, 0.25) is 0 Å². The molecule has 4 heteroatoms. The second-order valence-corrected chi connectivity index (χ2v) is 5.29. The molecule has 0 saturated carbocycles. The lowest BCUT2D eigenvalue weighted by atomic mass is 10.1. The van der Waals surface area contributed by atoms with Crippen LogP contribution in [0.15, 0.2) is 29.2 Å². The molecule has 18 heavy (non-hydrogen) atoms. The number of hydrogen-bond donors (Lipinski definition) is 1. The topological polar surface area (TPSA) is 35.5 Å². The second-order valence-electron chi connectivity index (χ2n) is 4.78. The normalized spacial score (nSPS) is 11.3. The van der Waals surface area contributed by atoms with Crippen molar-refractivity contribution in [2.75, 3.05) is 13.7 Å². The van der Waals surface area contributed by atoms with Crippen molar-refractivity contribution in [3.05, 3.63) is 29.8 Å². The first-order valence-corrected chi connectivity index (χ1v) is 6.36. The van der Waals surface area contributed by atoms with Crippen LogP contribution in [-0.2, 0) is 20.7 Å². The average molecular weight is 268 g/mol. The summed E-state index contributed by atoms with van der Waals surface area (Å²) >= 11 is 4.19. The highest BCUT2D eigenvalue weighted by Crippen LogP contribution is 2.13. The van der Waals surface area contributed by atoms with Crippen LogP contribution < -0.4 is 0 Å². The summed E-state index contributed by atoms with van der Waals surface area (Å²) in [6.45, 7) is 4.31. The SMILES string of the molecule is COC(C)(C)CCOC(=O)Cc1ccc(S)cc1. The van der Waals surface area contributed by atoms with E-state index in [0.29, 0.717) is 19.4 Å². The van der Waals surface area contributed by atoms with E-state index in [-0.39, 0.29) is 11.6 Å². The number of hydrogen-bond acceptors (Lipinski definition) is 4. The van der Waals surface area contributed by atoms with Crippen molar-refractivity contribution in [1.82, 2.24) is 0 Å². The van der Waals surface area contributed by atoms with E-state index in [1.54, 1.807) is 7.11 Å². The van der Waals surface area contributed by atoms with Crippen LogP contribution in [0.3, 0.4) is 0 Å². The van der Waals surface area contributed by atoms with Gasteiger partial charge in [0.25, 0.3) is 0 Å². The van der Waals surface area contributed by atoms with Gasteiger partial charge in [0.1, 0.15) is 0 Å². The molecule has 0 saturated heterocycles. The Kier molecular flexibility index (Phi) is 5.69. The van der Waals surface area contributed by atoms with Gasteiger partial charge in [-0.2, -0.15) is 0 Å². The molecule has 1 aromatic rings. The van der Waals surface area contributed by atoms with Gasteiger partial charge in [-0.25, -0.2) is 0 Å². The molecule has 0 spiro atoms. The number of carbonyl (C=O) groups excluding carboxylic acids is 1. The molecule has 1 aromatic carbocycles. The fourth-order valence-electron chi connectivity index (χ4n) is 1.34. The van der Waals surface area contributed by atoms with Crippen molar-refractivity contribution in [3.8, 4) is 0 Å². The Hall–Kier alpha value is -1.00. The minimum absolute atomic E-state index is 0.214. The Labute approximate surface area is 114 Å². The number of benzene rings is 1. The first kappa shape index (κ1) is 15.1. The van der Waals surface area contributed by atoms with Crippen molar-refractivity contribution >= 4 is 18.6 Å². The Morgan fingerprint density at radius 3 is 2.44 bits per heavy atom. The summed E-state index contributed by atoms with van der Waals surface area (Å²) in [6, 6.07) is 7.48. The summed E-state index contributed by atoms with van der Waals surface area (Å²) in [5.74, 6) is -0.214. The zero-order valence-electron chi connectivity index (χ0n) is 11.1. The molecule has 0 aliphatic rings. The summed E-state index contributed by atoms with van der Waals surface area (Å²) in [4.78, 5) is 12.5. The number of thiol groups is 1. The molecule has 100 valence electrons. The molecular weight excluding hydrogens is 248 g/mol. The smallest absolute Gasteiger partial charge is 0.310 e. The molecule has 0 aliphatic heterocycles. The highest BCUT2D eigenvalue weighted by molar-refractivity contribution is 7.80. The predicted molar refractivity (Wildman–Crippen MR) is 74.1 cm³/mol. The van der Waals surface area contributed by atoms with Crippen LogP contribution >= 0.6 is 12.6 Å². The van der Waals surface area contributed by atoms with Crippen molar-refractivity contribution in [2.24, 2.45) is 0 Å². The first-order valence-electron chi connectivity index (χ1n) is 5.91. The van der Waals surface area contributed by atoms with Gasteiger partial charge >= 0.3 is 5.97 Å². The molecule has 1 rings (SSSR count). The summed E-state index contributed by atoms with van der Waals surface area (Å²) in [7, 11) is 1.65. The summed E-state index contributed by atoms with van der Waals surface area (Å²) in [5.41, 5.74) is 0.678. The van der Waals surface area contributed by atoms with Gasteiger partial charge in [0.15, 0.2) is 0 Å². The van der Waals surface area contributed by atoms with E-state index in [1.165, 1.54) is 0 Å². The third kappa shape index (κ3) is 5.56. The molecule has 0 bridgehead atoms. The summed E-state index contributed by atoms with van der Waals surface area (Å²) in [6.07, 6.45) is 0.978. The summed E-state index contributed by atoms with van der Waals surface area (Å²) < 4.78 is 10.4. The maximum atomic E-state index is 11.6. The number of methoxy groups -OCH3 is 1. The lowest BCUT2D eigenvalue weighted by Gasteiger charge is -2.22. The van der Waals surface area contributed by atoms with E-state index >= 15 is 0 Å². The standard InChI is InChI=1S/C14H20O3S/c1-14(2,16-3)8-9-17-13(15)10-11-4-6-12(18)7-5-11/h4-7,18H,8-10H2,1-3H3. The number of esters is 1. The molecule has 0 heterocycles. The van der Waals surface area contributed by atoms with Gasteiger partial charge in [0.05, 0.1) is 18.6 Å². The van der Waals surface area contributed by atoms with Crippen LogP contribution in [0.2, 0.25) is 0 Å². The van der Waals surface area contributed by atoms with Gasteiger partial charge < -0.3 is 9.47 Å². The zero-order chi connectivity index (χ0) is 13.6. The zero-order valence-corrected chi connectivity index (χ0v) is 12.0. The lowest BCUT2D eigenvalue weighted by molar-refractivity contribution is -0.144. The number of ether oxygens (including phenoxy) is 2. The van der Waals surface area contributed by atoms with Gasteiger partial charge in [-0.05, 0) is 31.5 Å². The predicted octanol–water partition coefficient (Wildman–Crippen LogP) is 2.88. The Morgan fingerprint density at radius 1 is 1.28 bits per heavy atom. The molecule has 0 amide bonds. The highest BCUT2D eigenvalue weighted by Gasteiger charge is 2.16. The van der Waals surface area contributed by atoms with Crippen LogP contribution in [-0.4, -0.2) is 25.3 Å². The number of rotatable bonds is 6. The van der Waals surface area contributed by atoms with Gasteiger partial charge in [-0.3, -0.25) is 4.79 Å². The van der Waals surface area contributed by atoms with Gasteiger partial charge in [-0.15, -0.1) is 12.6 Å². The maximum Gasteiger partial charge on any atom is 0.310 e. The van der Waals surface area contributed by atoms with Crippen LogP contribution in [0.4, 0.5) is 0 Å². The van der Waals surface area contributed by atoms with E-state index in [0.717, 1.165) is 10.5 Å². The monoisotopic (exact) mass is 268 g/mol. The molecule has 0 radical (unpaired) electrons. The van der Waals surface area contributed by atoms with Crippen molar-refractivity contribution in [3.63, 3.8) is 0 Å². The lowest BCUT2D eigenvalue weighted by Crippen LogP contribution is -2.25. The van der Waals surface area contributed by atoms with Crippen LogP contribution in [0.1, 0.15) is 25.8 Å². The van der Waals surface area contributed by atoms with Gasteiger partial charge in [0, 0.05) is 18.4 Å². The average Bonchev–Trinajstić information content (AvgIpc) is 2.32. The summed E-state index contributed by atoms with van der Waals surface area (Å²) in [5, 5.41) is 0. The molecule has 0 unspecified atom stereocenters. The fourth-order valence-corrected chi connectivity index (χ4v) is 1.49. The third-order valence-corrected chi connectivity index (χ3v) is 3.10. The van der Waals surface area contributed by atoms with E-state index in [9.17, 15) is 4.79 Å². The first-order chi connectivity index (χ1) is 8.43. The Balaban J connectivity index is 2.32. The van der Waals surface area contributed by atoms with Crippen molar-refractivity contribution < 1.29 is 14.3 Å². The molecule has 3 nitrogen and oxygen atoms in total. The highest BCUT2D eigenvalue weighted by atomic mass is 32.1. The van der Waals surface area contributed by atoms with E-state index in [4.69, 9.17) is 9.47 Å². The van der Waals surface area contributed by atoms with Crippen LogP contribution in [0.5, 0.6) is 0 Å². The molecule has 0 fully saturated rings. The molecule has 0 aliphatic carbocycles. The molecule has 0 N–H and O–H groups in total. The quantitative estimate of drug-likeness (QED) is 0.636. The van der Waals surface area contributed by atoms with E-state index in [1.807, 2.05) is 38.1 Å². The van der Waals surface area contributed by atoms with Crippen LogP contribution in [0, 0.1) is 0 Å². The molecular formula is C14H20O3S. The van der Waals surface area contributed by atoms with E-state index in [2.05, 4.69) is 12.6 Å². The van der Waals surface area contributed by atoms with Crippen molar-refractivity contribution in [2.45, 2.75) is 37.2 Å². The number of carbonyl (C=O) groups is 1. The van der Waals surface area contributed by atoms with E-state index < -0.39 is 0 Å². The Bertz CT molecular complexity index is 385. The van der Waals surface area contributed by atoms with Crippen molar-refractivity contribution in [1.29, 1.82) is 0 Å². The molecule has 0 aromatic heterocycles. The molecule has 0 atom stereocenters. The van der Waals surface area contributed by atoms with Crippen LogP contribution in [0.25, 0.3) is 0 Å². The Morgan fingerprint density at radius 2 is 1.89 bits per heavy atom. The maximum absolute atomic E-state index is 11.6. The third-order valence-electron chi connectivity index (χ3n) is 2.80. The van der Waals surface area contributed by atoms with Gasteiger partial charge in [-0.1, -0.05) is 12.1 Å². The second kappa shape index (κ2) is 6.81. The minimum Gasteiger partial charge on any atom is -0.465 e.